The lowest BCUT2D eigenvalue weighted by Crippen LogP contribution is -2.56. The van der Waals surface area contributed by atoms with Crippen molar-refractivity contribution in [3.63, 3.8) is 0 Å². The van der Waals surface area contributed by atoms with Crippen LogP contribution in [0.25, 0.3) is 0 Å². The summed E-state index contributed by atoms with van der Waals surface area (Å²) in [5, 5.41) is 3.18. The quantitative estimate of drug-likeness (QED) is 0.717. The van der Waals surface area contributed by atoms with Crippen molar-refractivity contribution < 1.29 is 9.53 Å². The molecule has 1 aliphatic heterocycles. The van der Waals surface area contributed by atoms with Crippen LogP contribution in [0.1, 0.15) is 63.0 Å². The maximum Gasteiger partial charge on any atom is 0.240 e. The molecule has 0 bridgehead atoms. The van der Waals surface area contributed by atoms with Crippen molar-refractivity contribution in [2.75, 3.05) is 26.7 Å². The number of nitrogens with one attached hydrogen (secondary N) is 1. The van der Waals surface area contributed by atoms with Gasteiger partial charge < -0.3 is 15.8 Å². The number of methoxy groups -OCH3 is 1. The first kappa shape index (κ1) is 25.0. The molecule has 160 valence electrons. The highest BCUT2D eigenvalue weighted by molar-refractivity contribution is 5.86. The fourth-order valence-corrected chi connectivity index (χ4v) is 4.29. The molecular weight excluding hydrogens is 397 g/mol. The van der Waals surface area contributed by atoms with E-state index < -0.39 is 5.54 Å². The summed E-state index contributed by atoms with van der Waals surface area (Å²) in [6, 6.07) is 8.42. The van der Waals surface area contributed by atoms with E-state index in [1.54, 1.807) is 7.11 Å². The number of nitrogens with zero attached hydrogens (tertiary/aromatic N) is 1. The normalized spacial score (nSPS) is 20.2. The second-order valence-electron chi connectivity index (χ2n) is 7.81. The molecule has 1 unspecified atom stereocenters. The predicted octanol–water partition coefficient (Wildman–Crippen LogP) is 3.84. The average molecular weight is 432 g/mol. The number of carbonyl (C=O) groups is 1. The van der Waals surface area contributed by atoms with Crippen molar-refractivity contribution in [1.82, 2.24) is 10.2 Å². The van der Waals surface area contributed by atoms with Crippen molar-refractivity contribution in [2.45, 2.75) is 62.9 Å². The summed E-state index contributed by atoms with van der Waals surface area (Å²) >= 11 is 0. The molecular formula is C21H35Cl2N3O2. The molecule has 1 saturated carbocycles. The van der Waals surface area contributed by atoms with Crippen LogP contribution in [0.3, 0.4) is 0 Å². The molecule has 2 aliphatic rings. The van der Waals surface area contributed by atoms with Crippen LogP contribution in [-0.2, 0) is 4.79 Å². The second-order valence-corrected chi connectivity index (χ2v) is 7.81. The van der Waals surface area contributed by atoms with Crippen LogP contribution in [0.5, 0.6) is 5.75 Å². The highest BCUT2D eigenvalue weighted by Gasteiger charge is 2.35. The summed E-state index contributed by atoms with van der Waals surface area (Å²) in [6.45, 7) is 2.78. The highest BCUT2D eigenvalue weighted by Crippen LogP contribution is 2.28. The largest absolute Gasteiger partial charge is 0.497 e. The van der Waals surface area contributed by atoms with E-state index in [9.17, 15) is 4.79 Å². The summed E-state index contributed by atoms with van der Waals surface area (Å²) in [6.07, 6.45) is 8.64. The number of piperidine rings is 1. The van der Waals surface area contributed by atoms with Crippen molar-refractivity contribution in [1.29, 1.82) is 0 Å². The van der Waals surface area contributed by atoms with E-state index >= 15 is 0 Å². The first-order valence-electron chi connectivity index (χ1n) is 10.1. The van der Waals surface area contributed by atoms with E-state index in [-0.39, 0.29) is 36.8 Å². The number of rotatable bonds is 6. The maximum atomic E-state index is 12.8. The van der Waals surface area contributed by atoms with E-state index in [2.05, 4.69) is 22.3 Å². The van der Waals surface area contributed by atoms with Gasteiger partial charge in [0.1, 0.15) is 5.75 Å². The molecule has 1 heterocycles. The Balaban J connectivity index is 0.00000196. The molecule has 1 aliphatic carbocycles. The van der Waals surface area contributed by atoms with Gasteiger partial charge in [-0.3, -0.25) is 9.69 Å². The zero-order valence-corrected chi connectivity index (χ0v) is 18.5. The number of amides is 1. The molecule has 2 fully saturated rings. The third-order valence-corrected chi connectivity index (χ3v) is 5.99. The van der Waals surface area contributed by atoms with Crippen molar-refractivity contribution in [3.8, 4) is 5.75 Å². The zero-order chi connectivity index (χ0) is 18.4. The van der Waals surface area contributed by atoms with Gasteiger partial charge in [-0.05, 0) is 56.5 Å². The minimum atomic E-state index is -0.676. The van der Waals surface area contributed by atoms with E-state index in [0.717, 1.165) is 44.5 Å². The van der Waals surface area contributed by atoms with Crippen LogP contribution in [0.15, 0.2) is 24.3 Å². The first-order chi connectivity index (χ1) is 12.6. The van der Waals surface area contributed by atoms with Gasteiger partial charge >= 0.3 is 0 Å². The molecule has 1 aromatic carbocycles. The Hall–Kier alpha value is -1.01. The molecule has 1 amide bonds. The summed E-state index contributed by atoms with van der Waals surface area (Å²) in [4.78, 5) is 15.3. The monoisotopic (exact) mass is 431 g/mol. The Kier molecular flexibility index (Phi) is 10.6. The Morgan fingerprint density at radius 1 is 1.07 bits per heavy atom. The fourth-order valence-electron chi connectivity index (χ4n) is 4.29. The van der Waals surface area contributed by atoms with Gasteiger partial charge in [-0.1, -0.05) is 37.8 Å². The molecule has 0 spiro atoms. The number of benzene rings is 1. The Morgan fingerprint density at radius 3 is 2.21 bits per heavy atom. The Morgan fingerprint density at radius 2 is 1.64 bits per heavy atom. The first-order valence-corrected chi connectivity index (χ1v) is 10.1. The second kappa shape index (κ2) is 11.9. The Labute approximate surface area is 181 Å². The maximum absolute atomic E-state index is 12.8. The molecule has 1 atom stereocenters. The van der Waals surface area contributed by atoms with E-state index in [1.807, 2.05) is 12.1 Å². The molecule has 28 heavy (non-hydrogen) atoms. The molecule has 1 saturated heterocycles. The highest BCUT2D eigenvalue weighted by atomic mass is 35.5. The molecule has 0 radical (unpaired) electrons. The van der Waals surface area contributed by atoms with Crippen LogP contribution >= 0.6 is 24.8 Å². The minimum absolute atomic E-state index is 0. The van der Waals surface area contributed by atoms with Gasteiger partial charge in [-0.2, -0.15) is 0 Å². The van der Waals surface area contributed by atoms with Crippen molar-refractivity contribution in [3.05, 3.63) is 29.8 Å². The predicted molar refractivity (Wildman–Crippen MR) is 119 cm³/mol. The van der Waals surface area contributed by atoms with Gasteiger partial charge in [-0.15, -0.1) is 24.8 Å². The number of hydrogen-bond donors (Lipinski definition) is 2. The van der Waals surface area contributed by atoms with Gasteiger partial charge in [-0.25, -0.2) is 0 Å². The number of hydrogen-bond acceptors (Lipinski definition) is 4. The number of nitrogens with two attached hydrogens (primary N) is 1. The van der Waals surface area contributed by atoms with E-state index in [1.165, 1.54) is 31.2 Å². The number of carbonyl (C=O) groups excluding carboxylic acids is 1. The molecule has 0 aromatic heterocycles. The van der Waals surface area contributed by atoms with E-state index in [4.69, 9.17) is 10.5 Å². The topological polar surface area (TPSA) is 67.6 Å². The van der Waals surface area contributed by atoms with Crippen LogP contribution in [0, 0.1) is 0 Å². The molecule has 5 nitrogen and oxygen atoms in total. The van der Waals surface area contributed by atoms with Crippen molar-refractivity contribution in [2.24, 2.45) is 5.73 Å². The lowest BCUT2D eigenvalue weighted by Gasteiger charge is -2.37. The zero-order valence-electron chi connectivity index (χ0n) is 16.8. The van der Waals surface area contributed by atoms with Crippen LogP contribution in [0.4, 0.5) is 0 Å². The standard InChI is InChI=1S/C21H33N3O2.2ClH/c1-26-18-10-8-17(9-11-18)19(24-14-6-3-7-15-24)16-23-20(25)21(22)12-4-2-5-13-21;;/h8-11,19H,2-7,12-16,22H2,1H3,(H,23,25);2*1H. The molecule has 3 N–H and O–H groups in total. The Bertz CT molecular complexity index is 586. The van der Waals surface area contributed by atoms with Gasteiger partial charge in [0.05, 0.1) is 18.7 Å². The fraction of sp³-hybridized carbons (Fsp3) is 0.667. The summed E-state index contributed by atoms with van der Waals surface area (Å²) < 4.78 is 5.29. The van der Waals surface area contributed by atoms with Gasteiger partial charge in [0.25, 0.3) is 0 Å². The molecule has 3 rings (SSSR count). The van der Waals surface area contributed by atoms with Gasteiger partial charge in [0.15, 0.2) is 0 Å². The average Bonchev–Trinajstić information content (AvgIpc) is 2.70. The summed E-state index contributed by atoms with van der Waals surface area (Å²) in [7, 11) is 1.68. The molecule has 7 heteroatoms. The van der Waals surface area contributed by atoms with Crippen LogP contribution < -0.4 is 15.8 Å². The molecule has 1 aromatic rings. The van der Waals surface area contributed by atoms with Crippen LogP contribution in [-0.4, -0.2) is 43.1 Å². The third kappa shape index (κ3) is 6.24. The lowest BCUT2D eigenvalue weighted by molar-refractivity contribution is -0.127. The van der Waals surface area contributed by atoms with Gasteiger partial charge in [0.2, 0.25) is 5.91 Å². The SMILES string of the molecule is COc1ccc(C(CNC(=O)C2(N)CCCCC2)N2CCCCC2)cc1.Cl.Cl. The van der Waals surface area contributed by atoms with Crippen molar-refractivity contribution >= 4 is 30.7 Å². The lowest BCUT2D eigenvalue weighted by atomic mass is 9.82. The van der Waals surface area contributed by atoms with Gasteiger partial charge in [0, 0.05) is 6.54 Å². The third-order valence-electron chi connectivity index (χ3n) is 5.99. The number of likely N-dealkylation sites (tertiary alicyclic amines) is 1. The number of halogens is 2. The van der Waals surface area contributed by atoms with E-state index in [0.29, 0.717) is 6.54 Å². The summed E-state index contributed by atoms with van der Waals surface area (Å²) in [5.41, 5.74) is 6.95. The summed E-state index contributed by atoms with van der Waals surface area (Å²) in [5.74, 6) is 0.881. The number of ether oxygens (including phenoxy) is 1. The minimum Gasteiger partial charge on any atom is -0.497 e. The smallest absolute Gasteiger partial charge is 0.240 e. The van der Waals surface area contributed by atoms with Crippen LogP contribution in [0.2, 0.25) is 0 Å².